The molecule has 0 unspecified atom stereocenters. The summed E-state index contributed by atoms with van der Waals surface area (Å²) in [5, 5.41) is 10.7. The number of aromatic hydroxyl groups is 1. The molecule has 0 aliphatic carbocycles. The normalized spacial score (nSPS) is 10.8. The molecule has 0 radical (unpaired) electrons. The molecular weight excluding hydrogens is 246 g/mol. The molecule has 0 fully saturated rings. The quantitative estimate of drug-likeness (QED) is 0.823. The van der Waals surface area contributed by atoms with Crippen LogP contribution in [0.15, 0.2) is 16.6 Å². The van der Waals surface area contributed by atoms with Crippen molar-refractivity contribution in [2.24, 2.45) is 0 Å². The highest BCUT2D eigenvalue weighted by Gasteiger charge is 2.12. The zero-order chi connectivity index (χ0) is 10.3. The van der Waals surface area contributed by atoms with Crippen LogP contribution in [0.2, 0.25) is 0 Å². The van der Waals surface area contributed by atoms with Crippen molar-refractivity contribution < 1.29 is 9.84 Å². The molecule has 2 aromatic rings. The summed E-state index contributed by atoms with van der Waals surface area (Å²) in [4.78, 5) is 3.16. The minimum Gasteiger partial charge on any atom is -0.503 e. The van der Waals surface area contributed by atoms with Crippen molar-refractivity contribution in [2.45, 2.75) is 6.92 Å². The Bertz CT molecular complexity index is 490. The summed E-state index contributed by atoms with van der Waals surface area (Å²) < 4.78 is 5.69. The molecule has 0 aliphatic rings. The molecule has 0 bridgehead atoms. The zero-order valence-electron chi connectivity index (χ0n) is 7.89. The Hall–Kier alpha value is -1.16. The fraction of sp³-hybridized carbons (Fsp3) is 0.200. The Morgan fingerprint density at radius 3 is 2.79 bits per heavy atom. The van der Waals surface area contributed by atoms with Crippen molar-refractivity contribution >= 4 is 26.8 Å². The van der Waals surface area contributed by atoms with E-state index in [0.717, 1.165) is 16.6 Å². The number of H-pyrrole nitrogens is 1. The van der Waals surface area contributed by atoms with Crippen LogP contribution < -0.4 is 4.74 Å². The number of aryl methyl sites for hydroxylation is 1. The van der Waals surface area contributed by atoms with Gasteiger partial charge in [-0.2, -0.15) is 0 Å². The first-order chi connectivity index (χ1) is 6.63. The fourth-order valence-corrected chi connectivity index (χ4v) is 2.02. The third kappa shape index (κ3) is 1.26. The van der Waals surface area contributed by atoms with Gasteiger partial charge in [-0.3, -0.25) is 0 Å². The minimum absolute atomic E-state index is 0.127. The SMILES string of the molecule is COc1cc2cc(C)[nH]c2c(Br)c1O. The summed E-state index contributed by atoms with van der Waals surface area (Å²) in [6.45, 7) is 1.97. The van der Waals surface area contributed by atoms with Gasteiger partial charge in [-0.1, -0.05) is 0 Å². The van der Waals surface area contributed by atoms with Gasteiger partial charge in [-0.05, 0) is 35.0 Å². The van der Waals surface area contributed by atoms with E-state index in [1.165, 1.54) is 7.11 Å². The summed E-state index contributed by atoms with van der Waals surface area (Å²) in [7, 11) is 1.53. The molecule has 2 rings (SSSR count). The number of nitrogens with one attached hydrogen (secondary N) is 1. The van der Waals surface area contributed by atoms with Gasteiger partial charge in [0.05, 0.1) is 17.1 Å². The van der Waals surface area contributed by atoms with Gasteiger partial charge in [0.1, 0.15) is 0 Å². The van der Waals surface area contributed by atoms with E-state index in [9.17, 15) is 5.11 Å². The van der Waals surface area contributed by atoms with Crippen molar-refractivity contribution in [2.75, 3.05) is 7.11 Å². The number of phenolic OH excluding ortho intramolecular Hbond substituents is 1. The van der Waals surface area contributed by atoms with E-state index < -0.39 is 0 Å². The third-order valence-corrected chi connectivity index (χ3v) is 2.92. The summed E-state index contributed by atoms with van der Waals surface area (Å²) >= 11 is 3.32. The number of rotatable bonds is 1. The van der Waals surface area contributed by atoms with Gasteiger partial charge in [0.2, 0.25) is 0 Å². The molecule has 0 spiro atoms. The van der Waals surface area contributed by atoms with Crippen LogP contribution in [0.1, 0.15) is 5.69 Å². The molecule has 0 saturated heterocycles. The topological polar surface area (TPSA) is 45.2 Å². The van der Waals surface area contributed by atoms with Crippen LogP contribution in [0.25, 0.3) is 10.9 Å². The first kappa shape index (κ1) is 9.40. The maximum absolute atomic E-state index is 9.71. The largest absolute Gasteiger partial charge is 0.503 e. The molecule has 1 aromatic heterocycles. The van der Waals surface area contributed by atoms with Crippen molar-refractivity contribution in [3.63, 3.8) is 0 Å². The first-order valence-electron chi connectivity index (χ1n) is 4.18. The molecule has 0 saturated carbocycles. The second-order valence-electron chi connectivity index (χ2n) is 3.16. The van der Waals surface area contributed by atoms with Crippen LogP contribution in [-0.2, 0) is 0 Å². The number of hydrogen-bond acceptors (Lipinski definition) is 2. The Morgan fingerprint density at radius 1 is 1.43 bits per heavy atom. The number of hydrogen-bond donors (Lipinski definition) is 2. The summed E-state index contributed by atoms with van der Waals surface area (Å²) in [6.07, 6.45) is 0. The Balaban J connectivity index is 2.84. The lowest BCUT2D eigenvalue weighted by molar-refractivity contribution is 0.373. The van der Waals surface area contributed by atoms with E-state index in [1.807, 2.05) is 13.0 Å². The maximum Gasteiger partial charge on any atom is 0.174 e. The van der Waals surface area contributed by atoms with Crippen LogP contribution in [0.4, 0.5) is 0 Å². The number of fused-ring (bicyclic) bond motifs is 1. The van der Waals surface area contributed by atoms with Gasteiger partial charge in [0, 0.05) is 11.1 Å². The van der Waals surface area contributed by atoms with Crippen molar-refractivity contribution in [1.29, 1.82) is 0 Å². The number of methoxy groups -OCH3 is 1. The second kappa shape index (κ2) is 3.20. The predicted octanol–water partition coefficient (Wildman–Crippen LogP) is 2.95. The smallest absolute Gasteiger partial charge is 0.174 e. The molecule has 0 atom stereocenters. The van der Waals surface area contributed by atoms with Crippen LogP contribution in [0.3, 0.4) is 0 Å². The monoisotopic (exact) mass is 255 g/mol. The molecule has 74 valence electrons. The van der Waals surface area contributed by atoms with E-state index in [1.54, 1.807) is 6.07 Å². The van der Waals surface area contributed by atoms with E-state index in [2.05, 4.69) is 20.9 Å². The predicted molar refractivity (Wildman–Crippen MR) is 59.0 cm³/mol. The molecule has 2 N–H and O–H groups in total. The van der Waals surface area contributed by atoms with Gasteiger partial charge in [0.15, 0.2) is 11.5 Å². The van der Waals surface area contributed by atoms with Gasteiger partial charge in [-0.25, -0.2) is 0 Å². The first-order valence-corrected chi connectivity index (χ1v) is 4.97. The van der Waals surface area contributed by atoms with Crippen molar-refractivity contribution in [1.82, 2.24) is 4.98 Å². The highest BCUT2D eigenvalue weighted by Crippen LogP contribution is 2.39. The van der Waals surface area contributed by atoms with Gasteiger partial charge in [0.25, 0.3) is 0 Å². The molecule has 4 heteroatoms. The van der Waals surface area contributed by atoms with Crippen LogP contribution in [0, 0.1) is 6.92 Å². The van der Waals surface area contributed by atoms with Gasteiger partial charge in [-0.15, -0.1) is 0 Å². The van der Waals surface area contributed by atoms with E-state index in [-0.39, 0.29) is 5.75 Å². The number of aromatic amines is 1. The summed E-state index contributed by atoms with van der Waals surface area (Å²) in [5.74, 6) is 0.602. The number of ether oxygens (including phenoxy) is 1. The molecule has 0 amide bonds. The second-order valence-corrected chi connectivity index (χ2v) is 3.95. The van der Waals surface area contributed by atoms with E-state index in [4.69, 9.17) is 4.74 Å². The molecule has 0 aliphatic heterocycles. The lowest BCUT2D eigenvalue weighted by atomic mass is 10.2. The molecule has 1 aromatic carbocycles. The number of halogens is 1. The van der Waals surface area contributed by atoms with Crippen molar-refractivity contribution in [3.8, 4) is 11.5 Å². The molecule has 1 heterocycles. The molecular formula is C10H10BrNO2. The van der Waals surface area contributed by atoms with Crippen LogP contribution in [-0.4, -0.2) is 17.2 Å². The minimum atomic E-state index is 0.127. The standard InChI is InChI=1S/C10H10BrNO2/c1-5-3-6-4-7(14-2)10(13)8(11)9(6)12-5/h3-4,12-13H,1-2H3. The number of aromatic nitrogens is 1. The Labute approximate surface area is 89.8 Å². The van der Waals surface area contributed by atoms with Crippen LogP contribution >= 0.6 is 15.9 Å². The Morgan fingerprint density at radius 2 is 2.14 bits per heavy atom. The lowest BCUT2D eigenvalue weighted by Crippen LogP contribution is -1.84. The fourth-order valence-electron chi connectivity index (χ4n) is 1.50. The van der Waals surface area contributed by atoms with Crippen LogP contribution in [0.5, 0.6) is 11.5 Å². The zero-order valence-corrected chi connectivity index (χ0v) is 9.47. The summed E-state index contributed by atoms with van der Waals surface area (Å²) in [5.41, 5.74) is 1.94. The highest BCUT2D eigenvalue weighted by atomic mass is 79.9. The molecule has 3 nitrogen and oxygen atoms in total. The van der Waals surface area contributed by atoms with Crippen molar-refractivity contribution in [3.05, 3.63) is 22.3 Å². The number of phenols is 1. The third-order valence-electron chi connectivity index (χ3n) is 2.15. The van der Waals surface area contributed by atoms with Gasteiger partial charge < -0.3 is 14.8 Å². The highest BCUT2D eigenvalue weighted by molar-refractivity contribution is 9.10. The average molecular weight is 256 g/mol. The Kier molecular flexibility index (Phi) is 2.15. The average Bonchev–Trinajstić information content (AvgIpc) is 2.52. The number of benzene rings is 1. The lowest BCUT2D eigenvalue weighted by Gasteiger charge is -2.05. The van der Waals surface area contributed by atoms with Gasteiger partial charge >= 0.3 is 0 Å². The maximum atomic E-state index is 9.71. The van der Waals surface area contributed by atoms with E-state index >= 15 is 0 Å². The summed E-state index contributed by atoms with van der Waals surface area (Å²) in [6, 6.07) is 3.81. The molecule has 14 heavy (non-hydrogen) atoms. The van der Waals surface area contributed by atoms with E-state index in [0.29, 0.717) is 10.2 Å².